The molecule has 0 heterocycles. The fraction of sp³-hybridized carbons (Fsp3) is 0.685. The van der Waals surface area contributed by atoms with Crippen molar-refractivity contribution < 1.29 is 75.8 Å². The van der Waals surface area contributed by atoms with Gasteiger partial charge in [-0.2, -0.15) is 0 Å². The Morgan fingerprint density at radius 3 is 0.923 bits per heavy atom. The molecule has 0 spiro atoms. The molecule has 0 radical (unpaired) electrons. The van der Waals surface area contributed by atoms with Crippen molar-refractivity contribution in [3.63, 3.8) is 0 Å². The summed E-state index contributed by atoms with van der Waals surface area (Å²) in [7, 11) is -9.79. The molecule has 0 saturated carbocycles. The van der Waals surface area contributed by atoms with Crippen LogP contribution in [0.5, 0.6) is 0 Å². The Kier molecular flexibility index (Phi) is 63.1. The van der Waals surface area contributed by atoms with E-state index in [1.165, 1.54) is 25.7 Å². The molecule has 0 aromatic carbocycles. The number of carbonyl (C=O) groups is 3. The van der Waals surface area contributed by atoms with E-state index in [-0.39, 0.29) is 19.3 Å². The van der Waals surface area contributed by atoms with Gasteiger partial charge in [-0.05, 0) is 128 Å². The van der Waals surface area contributed by atoms with Crippen LogP contribution in [0.4, 0.5) is 0 Å². The van der Waals surface area contributed by atoms with E-state index >= 15 is 0 Å². The highest BCUT2D eigenvalue weighted by atomic mass is 31.2. The van der Waals surface area contributed by atoms with Crippen molar-refractivity contribution >= 4 is 33.6 Å². The molecular formula is C73H124O16P2. The summed E-state index contributed by atoms with van der Waals surface area (Å²) in [6.07, 6.45) is 75.2. The highest BCUT2D eigenvalue weighted by Gasteiger charge is 2.29. The van der Waals surface area contributed by atoms with Gasteiger partial charge in [0.25, 0.3) is 0 Å². The van der Waals surface area contributed by atoms with Gasteiger partial charge in [0, 0.05) is 19.3 Å². The van der Waals surface area contributed by atoms with Crippen molar-refractivity contribution in [1.29, 1.82) is 0 Å². The highest BCUT2D eigenvalue weighted by molar-refractivity contribution is 7.47. The minimum absolute atomic E-state index is 0.0876. The van der Waals surface area contributed by atoms with E-state index in [1.54, 1.807) is 0 Å². The molecule has 18 heteroatoms. The number of aliphatic hydroxyl groups is 2. The number of esters is 3. The van der Waals surface area contributed by atoms with Gasteiger partial charge in [0.2, 0.25) is 0 Å². The third-order valence-electron chi connectivity index (χ3n) is 14.2. The monoisotopic (exact) mass is 1320 g/mol. The van der Waals surface area contributed by atoms with Gasteiger partial charge in [0.05, 0.1) is 26.4 Å². The van der Waals surface area contributed by atoms with E-state index in [2.05, 4.69) is 142 Å². The highest BCUT2D eigenvalue weighted by Crippen LogP contribution is 2.45. The smallest absolute Gasteiger partial charge is 0.463 e. The molecule has 0 aromatic heterocycles. The lowest BCUT2D eigenvalue weighted by atomic mass is 10.1. The van der Waals surface area contributed by atoms with E-state index in [0.717, 1.165) is 180 Å². The third kappa shape index (κ3) is 67.2. The van der Waals surface area contributed by atoms with Crippen LogP contribution in [0.25, 0.3) is 0 Å². The molecule has 0 aliphatic carbocycles. The number of phosphoric ester groups is 2. The van der Waals surface area contributed by atoms with Crippen molar-refractivity contribution in [2.45, 2.75) is 283 Å². The van der Waals surface area contributed by atoms with Crippen molar-refractivity contribution in [2.24, 2.45) is 0 Å². The Bertz CT molecular complexity index is 2140. The number of rotatable bonds is 65. The number of unbranched alkanes of at least 4 members (excludes halogenated alkanes) is 22. The molecule has 522 valence electrons. The standard InChI is InChI=1S/C73H124O16P2/c1-4-7-10-13-16-19-22-25-28-31-32-33-34-37-39-41-44-47-50-53-56-59-71(76)83-62-68(74)63-85-90(79,80)86-64-69(75)65-87-91(81,82)88-67-70(89-73(78)61-58-55-52-49-46-43-40-36-30-27-24-21-18-15-12-9-6-3)66-84-72(77)60-57-54-51-48-45-42-38-35-29-26-23-20-17-14-11-8-5-2/h8-9,11-12,16-21,25-30,32-33,37,39,68-70,74-75H,4-7,10,13-15,22-24,31,34-36,38,40-67H2,1-3H3,(H,79,80)(H,81,82)/b11-8-,12-9-,19-16-,20-17-,21-18-,28-25-,29-26-,30-27-,33-32-,39-37-. The number of hydrogen-bond acceptors (Lipinski definition) is 14. The Morgan fingerprint density at radius 2 is 0.582 bits per heavy atom. The lowest BCUT2D eigenvalue weighted by Gasteiger charge is -2.21. The van der Waals surface area contributed by atoms with Crippen LogP contribution < -0.4 is 0 Å². The summed E-state index contributed by atoms with van der Waals surface area (Å²) >= 11 is 0. The minimum atomic E-state index is -4.93. The quantitative estimate of drug-likeness (QED) is 0.0146. The van der Waals surface area contributed by atoms with E-state index in [0.29, 0.717) is 19.3 Å². The van der Waals surface area contributed by atoms with Crippen LogP contribution in [-0.2, 0) is 55.8 Å². The van der Waals surface area contributed by atoms with Crippen LogP contribution in [-0.4, -0.2) is 95.9 Å². The number of ether oxygens (including phenoxy) is 3. The summed E-state index contributed by atoms with van der Waals surface area (Å²) in [5.41, 5.74) is 0. The largest absolute Gasteiger partial charge is 0.472 e. The Morgan fingerprint density at radius 1 is 0.319 bits per heavy atom. The molecule has 0 aliphatic heterocycles. The number of aliphatic hydroxyl groups excluding tert-OH is 2. The van der Waals surface area contributed by atoms with Gasteiger partial charge in [-0.15, -0.1) is 0 Å². The van der Waals surface area contributed by atoms with Crippen LogP contribution in [0, 0.1) is 0 Å². The molecule has 5 unspecified atom stereocenters. The molecule has 0 fully saturated rings. The van der Waals surface area contributed by atoms with Crippen LogP contribution in [0.15, 0.2) is 122 Å². The van der Waals surface area contributed by atoms with E-state index in [1.807, 2.05) is 0 Å². The average Bonchev–Trinajstić information content (AvgIpc) is 3.02. The summed E-state index contributed by atoms with van der Waals surface area (Å²) in [4.78, 5) is 58.4. The van der Waals surface area contributed by atoms with E-state index < -0.39 is 91.5 Å². The van der Waals surface area contributed by atoms with Gasteiger partial charge in [0.15, 0.2) is 6.10 Å². The molecule has 0 amide bonds. The molecule has 16 nitrogen and oxygen atoms in total. The number of carbonyl (C=O) groups excluding carboxylic acids is 3. The van der Waals surface area contributed by atoms with Crippen LogP contribution >= 0.6 is 15.6 Å². The predicted octanol–water partition coefficient (Wildman–Crippen LogP) is 19.4. The number of allylic oxidation sites excluding steroid dienone is 20. The molecule has 91 heavy (non-hydrogen) atoms. The Hall–Kier alpha value is -4.05. The fourth-order valence-corrected chi connectivity index (χ4v) is 10.5. The van der Waals surface area contributed by atoms with Gasteiger partial charge in [-0.25, -0.2) is 9.13 Å². The van der Waals surface area contributed by atoms with Crippen LogP contribution in [0.1, 0.15) is 265 Å². The number of hydrogen-bond donors (Lipinski definition) is 4. The topological polar surface area (TPSA) is 231 Å². The maximum absolute atomic E-state index is 12.9. The van der Waals surface area contributed by atoms with Gasteiger partial charge in [0.1, 0.15) is 25.4 Å². The first-order valence-corrected chi connectivity index (χ1v) is 37.8. The first-order chi connectivity index (χ1) is 44.2. The molecule has 0 saturated heterocycles. The first-order valence-electron chi connectivity index (χ1n) is 34.8. The zero-order chi connectivity index (χ0) is 66.7. The molecule has 0 aliphatic rings. The third-order valence-corrected chi connectivity index (χ3v) is 16.1. The fourth-order valence-electron chi connectivity index (χ4n) is 8.88. The van der Waals surface area contributed by atoms with Crippen LogP contribution in [0.2, 0.25) is 0 Å². The maximum Gasteiger partial charge on any atom is 0.472 e. The normalized spacial score (nSPS) is 14.9. The molecular weight excluding hydrogens is 1190 g/mol. The van der Waals surface area contributed by atoms with Crippen molar-refractivity contribution in [3.8, 4) is 0 Å². The van der Waals surface area contributed by atoms with Gasteiger partial charge in [-0.3, -0.25) is 32.5 Å². The second kappa shape index (κ2) is 66.0. The molecule has 5 atom stereocenters. The van der Waals surface area contributed by atoms with Crippen molar-refractivity contribution in [2.75, 3.05) is 39.6 Å². The number of phosphoric acid groups is 2. The predicted molar refractivity (Wildman–Crippen MR) is 371 cm³/mol. The Labute approximate surface area is 551 Å². The second-order valence-electron chi connectivity index (χ2n) is 22.9. The summed E-state index contributed by atoms with van der Waals surface area (Å²) < 4.78 is 60.9. The van der Waals surface area contributed by atoms with E-state index in [9.17, 15) is 43.5 Å². The summed E-state index contributed by atoms with van der Waals surface area (Å²) in [5, 5.41) is 20.6. The maximum atomic E-state index is 12.9. The lowest BCUT2D eigenvalue weighted by molar-refractivity contribution is -0.161. The minimum Gasteiger partial charge on any atom is -0.463 e. The van der Waals surface area contributed by atoms with Gasteiger partial charge in [-0.1, -0.05) is 239 Å². The van der Waals surface area contributed by atoms with E-state index in [4.69, 9.17) is 32.3 Å². The summed E-state index contributed by atoms with van der Waals surface area (Å²) in [6.45, 7) is 2.37. The Balaban J connectivity index is 4.70. The average molecular weight is 1320 g/mol. The molecule has 4 N–H and O–H groups in total. The SMILES string of the molecule is CC/C=C\C/C=C\C/C=C\CCCCCCCCCC(=O)OCC(COP(=O)(O)OCC(O)COP(=O)(O)OCC(O)COC(=O)CCCCCCC/C=C\C/C=C\C/C=C\C/C=C\CCCCC)OC(=O)CCCCCCCCC/C=C\C/C=C\C/C=C\CC. The van der Waals surface area contributed by atoms with Crippen molar-refractivity contribution in [3.05, 3.63) is 122 Å². The van der Waals surface area contributed by atoms with Crippen molar-refractivity contribution in [1.82, 2.24) is 0 Å². The second-order valence-corrected chi connectivity index (χ2v) is 25.8. The molecule has 0 rings (SSSR count). The van der Waals surface area contributed by atoms with Gasteiger partial charge >= 0.3 is 33.6 Å². The summed E-state index contributed by atoms with van der Waals surface area (Å²) in [5.74, 6) is -1.62. The zero-order valence-electron chi connectivity index (χ0n) is 56.5. The summed E-state index contributed by atoms with van der Waals surface area (Å²) in [6, 6.07) is 0. The van der Waals surface area contributed by atoms with Crippen LogP contribution in [0.3, 0.4) is 0 Å². The molecule has 0 bridgehead atoms. The first kappa shape index (κ1) is 87.0. The molecule has 0 aromatic rings. The van der Waals surface area contributed by atoms with Gasteiger partial charge < -0.3 is 34.2 Å². The zero-order valence-corrected chi connectivity index (χ0v) is 58.3. The lowest BCUT2D eigenvalue weighted by Crippen LogP contribution is -2.30.